The Hall–Kier alpha value is -2.25. The van der Waals surface area contributed by atoms with E-state index in [1.54, 1.807) is 0 Å². The van der Waals surface area contributed by atoms with Crippen molar-refractivity contribution in [1.82, 2.24) is 0 Å². The van der Waals surface area contributed by atoms with E-state index >= 15 is 0 Å². The number of fused-ring (bicyclic) bond motifs is 3. The fourth-order valence-corrected chi connectivity index (χ4v) is 3.14. The van der Waals surface area contributed by atoms with Crippen molar-refractivity contribution in [3.8, 4) is 11.1 Å². The van der Waals surface area contributed by atoms with Gasteiger partial charge in [-0.15, -0.1) is 0 Å². The monoisotopic (exact) mass is 357 g/mol. The molecule has 0 bridgehead atoms. The molecule has 0 heterocycles. The van der Waals surface area contributed by atoms with Crippen molar-refractivity contribution in [3.63, 3.8) is 0 Å². The molecule has 0 saturated carbocycles. The molecule has 0 fully saturated rings. The molecule has 0 amide bonds. The number of hydrogen-bond acceptors (Lipinski definition) is 6. The molecule has 138 valence electrons. The summed E-state index contributed by atoms with van der Waals surface area (Å²) < 4.78 is 15.9. The molecule has 2 aromatic rings. The molecular formula is C20H23NO5. The Bertz CT molecular complexity index is 688. The van der Waals surface area contributed by atoms with Crippen LogP contribution in [0.5, 0.6) is 0 Å². The lowest BCUT2D eigenvalue weighted by Crippen LogP contribution is -2.19. The normalized spacial score (nSPS) is 12.7. The molecule has 2 aromatic carbocycles. The molecule has 0 spiro atoms. The summed E-state index contributed by atoms with van der Waals surface area (Å²) in [6, 6.07) is 16.5. The summed E-state index contributed by atoms with van der Waals surface area (Å²) in [6.45, 7) is 1.62. The van der Waals surface area contributed by atoms with Crippen molar-refractivity contribution >= 4 is 5.97 Å². The first kappa shape index (κ1) is 18.5. The van der Waals surface area contributed by atoms with Crippen molar-refractivity contribution in [2.24, 2.45) is 5.90 Å². The van der Waals surface area contributed by atoms with Gasteiger partial charge in [0.05, 0.1) is 26.4 Å². The fraction of sp³-hybridized carbons (Fsp3) is 0.350. The number of esters is 1. The minimum Gasteiger partial charge on any atom is -0.463 e. The largest absolute Gasteiger partial charge is 0.463 e. The van der Waals surface area contributed by atoms with E-state index < -0.39 is 0 Å². The molecule has 1 aliphatic carbocycles. The van der Waals surface area contributed by atoms with Crippen LogP contribution >= 0.6 is 0 Å². The van der Waals surface area contributed by atoms with Gasteiger partial charge < -0.3 is 19.0 Å². The van der Waals surface area contributed by atoms with E-state index in [1.165, 1.54) is 22.3 Å². The Morgan fingerprint density at radius 3 is 2.08 bits per heavy atom. The maximum Gasteiger partial charge on any atom is 0.332 e. The van der Waals surface area contributed by atoms with Gasteiger partial charge in [-0.2, -0.15) is 0 Å². The van der Waals surface area contributed by atoms with Gasteiger partial charge in [-0.25, -0.2) is 10.7 Å². The van der Waals surface area contributed by atoms with Crippen LogP contribution in [0.4, 0.5) is 0 Å². The lowest BCUT2D eigenvalue weighted by molar-refractivity contribution is -0.149. The molecule has 6 nitrogen and oxygen atoms in total. The van der Waals surface area contributed by atoms with E-state index in [4.69, 9.17) is 20.1 Å². The fourth-order valence-electron chi connectivity index (χ4n) is 3.14. The molecule has 0 unspecified atom stereocenters. The SMILES string of the molecule is NOCCOCCOCC(=O)OCC1c2ccccc2-c2ccccc21. The Morgan fingerprint density at radius 1 is 0.846 bits per heavy atom. The van der Waals surface area contributed by atoms with Gasteiger partial charge in [-0.3, -0.25) is 0 Å². The minimum absolute atomic E-state index is 0.0611. The molecule has 1 aliphatic rings. The van der Waals surface area contributed by atoms with Gasteiger partial charge in [0.15, 0.2) is 0 Å². The first-order chi connectivity index (χ1) is 12.8. The summed E-state index contributed by atoms with van der Waals surface area (Å²) in [5.74, 6) is 4.56. The maximum atomic E-state index is 11.9. The van der Waals surface area contributed by atoms with Crippen LogP contribution in [0.3, 0.4) is 0 Å². The second-order valence-electron chi connectivity index (χ2n) is 5.95. The van der Waals surface area contributed by atoms with Crippen LogP contribution in [0.1, 0.15) is 17.0 Å². The van der Waals surface area contributed by atoms with Gasteiger partial charge in [0.2, 0.25) is 0 Å². The average Bonchev–Trinajstić information content (AvgIpc) is 3.00. The minimum atomic E-state index is -0.378. The van der Waals surface area contributed by atoms with Gasteiger partial charge in [0.25, 0.3) is 0 Å². The zero-order chi connectivity index (χ0) is 18.2. The van der Waals surface area contributed by atoms with E-state index in [1.807, 2.05) is 24.3 Å². The van der Waals surface area contributed by atoms with Gasteiger partial charge in [-0.05, 0) is 22.3 Å². The molecule has 0 aromatic heterocycles. The Labute approximate surface area is 152 Å². The molecule has 2 N–H and O–H groups in total. The highest BCUT2D eigenvalue weighted by Gasteiger charge is 2.28. The van der Waals surface area contributed by atoms with Crippen LogP contribution in [-0.4, -0.2) is 45.6 Å². The number of ether oxygens (including phenoxy) is 3. The summed E-state index contributed by atoms with van der Waals surface area (Å²) in [5.41, 5.74) is 4.80. The van der Waals surface area contributed by atoms with Crippen molar-refractivity contribution in [2.45, 2.75) is 5.92 Å². The highest BCUT2D eigenvalue weighted by Crippen LogP contribution is 2.44. The highest BCUT2D eigenvalue weighted by molar-refractivity contribution is 5.79. The summed E-state index contributed by atoms with van der Waals surface area (Å²) in [6.07, 6.45) is 0. The summed E-state index contributed by atoms with van der Waals surface area (Å²) in [5, 5.41) is 0. The van der Waals surface area contributed by atoms with Crippen molar-refractivity contribution in [3.05, 3.63) is 59.7 Å². The van der Waals surface area contributed by atoms with Crippen LogP contribution in [0.15, 0.2) is 48.5 Å². The number of rotatable bonds is 10. The van der Waals surface area contributed by atoms with Gasteiger partial charge >= 0.3 is 5.97 Å². The summed E-state index contributed by atoms with van der Waals surface area (Å²) in [7, 11) is 0. The van der Waals surface area contributed by atoms with Crippen molar-refractivity contribution in [2.75, 3.05) is 39.6 Å². The number of carbonyl (C=O) groups excluding carboxylic acids is 1. The molecule has 0 aliphatic heterocycles. The predicted molar refractivity (Wildman–Crippen MR) is 96.5 cm³/mol. The molecule has 3 rings (SSSR count). The van der Waals surface area contributed by atoms with Crippen LogP contribution in [0, 0.1) is 0 Å². The second-order valence-corrected chi connectivity index (χ2v) is 5.95. The zero-order valence-electron chi connectivity index (χ0n) is 14.6. The van der Waals surface area contributed by atoms with Crippen molar-refractivity contribution in [1.29, 1.82) is 0 Å². The summed E-state index contributed by atoms with van der Waals surface area (Å²) >= 11 is 0. The van der Waals surface area contributed by atoms with E-state index in [0.717, 1.165) is 0 Å². The molecule has 0 atom stereocenters. The van der Waals surface area contributed by atoms with E-state index in [9.17, 15) is 4.79 Å². The topological polar surface area (TPSA) is 80.0 Å². The molecule has 0 radical (unpaired) electrons. The van der Waals surface area contributed by atoms with Crippen LogP contribution in [0.25, 0.3) is 11.1 Å². The van der Waals surface area contributed by atoms with Crippen molar-refractivity contribution < 1.29 is 23.8 Å². The third-order valence-electron chi connectivity index (χ3n) is 4.31. The Kier molecular flexibility index (Phi) is 6.74. The van der Waals surface area contributed by atoms with E-state index in [-0.39, 0.29) is 18.5 Å². The first-order valence-electron chi connectivity index (χ1n) is 8.62. The smallest absolute Gasteiger partial charge is 0.332 e. The Balaban J connectivity index is 1.47. The third-order valence-corrected chi connectivity index (χ3v) is 4.31. The summed E-state index contributed by atoms with van der Waals surface area (Å²) in [4.78, 5) is 16.3. The first-order valence-corrected chi connectivity index (χ1v) is 8.62. The number of nitrogens with two attached hydrogens (primary N) is 1. The Morgan fingerprint density at radius 2 is 1.42 bits per heavy atom. The van der Waals surface area contributed by atoms with Crippen LogP contribution in [0.2, 0.25) is 0 Å². The van der Waals surface area contributed by atoms with Gasteiger partial charge in [0.1, 0.15) is 13.2 Å². The maximum absolute atomic E-state index is 11.9. The van der Waals surface area contributed by atoms with Crippen LogP contribution < -0.4 is 5.90 Å². The lowest BCUT2D eigenvalue weighted by atomic mass is 9.98. The van der Waals surface area contributed by atoms with E-state index in [0.29, 0.717) is 33.0 Å². The number of benzene rings is 2. The van der Waals surface area contributed by atoms with Gasteiger partial charge in [0, 0.05) is 5.92 Å². The van der Waals surface area contributed by atoms with E-state index in [2.05, 4.69) is 29.1 Å². The molecular weight excluding hydrogens is 334 g/mol. The standard InChI is InChI=1S/C20H23NO5/c21-26-12-11-23-9-10-24-14-20(22)25-13-19-17-7-3-1-5-15(17)16-6-2-4-8-18(16)19/h1-8,19H,9-14,21H2. The van der Waals surface area contributed by atoms with Crippen LogP contribution in [-0.2, 0) is 23.8 Å². The molecule has 26 heavy (non-hydrogen) atoms. The predicted octanol–water partition coefficient (Wildman–Crippen LogP) is 2.27. The van der Waals surface area contributed by atoms with Gasteiger partial charge in [-0.1, -0.05) is 48.5 Å². The highest BCUT2D eigenvalue weighted by atomic mass is 16.6. The third kappa shape index (κ3) is 4.47. The average molecular weight is 357 g/mol. The number of hydrogen-bond donors (Lipinski definition) is 1. The molecule has 6 heteroatoms. The number of carbonyl (C=O) groups is 1. The zero-order valence-corrected chi connectivity index (χ0v) is 14.6. The quantitative estimate of drug-likeness (QED) is 0.399. The molecule has 0 saturated heterocycles. The lowest BCUT2D eigenvalue weighted by Gasteiger charge is -2.14. The second kappa shape index (κ2) is 9.45.